The van der Waals surface area contributed by atoms with Crippen molar-refractivity contribution >= 4 is 16.9 Å². The van der Waals surface area contributed by atoms with Gasteiger partial charge in [-0.3, -0.25) is 0 Å². The van der Waals surface area contributed by atoms with E-state index < -0.39 is 0 Å². The highest BCUT2D eigenvalue weighted by atomic mass is 16.6. The Labute approximate surface area is 144 Å². The first-order chi connectivity index (χ1) is 12.0. The molecule has 0 saturated heterocycles. The van der Waals surface area contributed by atoms with Crippen molar-refractivity contribution in [3.8, 4) is 5.75 Å². The zero-order valence-electron chi connectivity index (χ0n) is 14.1. The third-order valence-electron chi connectivity index (χ3n) is 3.63. The van der Waals surface area contributed by atoms with E-state index in [1.807, 2.05) is 19.9 Å². The molecule has 0 atom stereocenters. The SMILES string of the molecule is Cc1cc(C)cc(C(=O)OCCOc2ccc3oc(=O)ccc3c2)c1. The first-order valence-corrected chi connectivity index (χ1v) is 7.93. The molecule has 0 fully saturated rings. The van der Waals surface area contributed by atoms with Gasteiger partial charge in [-0.1, -0.05) is 17.2 Å². The second-order valence-electron chi connectivity index (χ2n) is 5.81. The van der Waals surface area contributed by atoms with Crippen molar-refractivity contribution in [1.82, 2.24) is 0 Å². The predicted molar refractivity (Wildman–Crippen MR) is 94.2 cm³/mol. The van der Waals surface area contributed by atoms with E-state index in [4.69, 9.17) is 13.9 Å². The second kappa shape index (κ2) is 7.21. The third kappa shape index (κ3) is 4.26. The number of hydrogen-bond acceptors (Lipinski definition) is 5. The molecule has 0 radical (unpaired) electrons. The van der Waals surface area contributed by atoms with Crippen LogP contribution in [0.1, 0.15) is 21.5 Å². The topological polar surface area (TPSA) is 65.7 Å². The van der Waals surface area contributed by atoms with Crippen LogP contribution in [0.25, 0.3) is 11.0 Å². The molecule has 3 aromatic rings. The molecule has 0 N–H and O–H groups in total. The second-order valence-corrected chi connectivity index (χ2v) is 5.81. The highest BCUT2D eigenvalue weighted by Gasteiger charge is 2.08. The fourth-order valence-corrected chi connectivity index (χ4v) is 2.61. The van der Waals surface area contributed by atoms with Gasteiger partial charge in [0.15, 0.2) is 0 Å². The number of benzene rings is 2. The van der Waals surface area contributed by atoms with E-state index >= 15 is 0 Å². The molecule has 2 aromatic carbocycles. The van der Waals surface area contributed by atoms with Crippen LogP contribution in [0.2, 0.25) is 0 Å². The summed E-state index contributed by atoms with van der Waals surface area (Å²) in [4.78, 5) is 23.2. The van der Waals surface area contributed by atoms with Gasteiger partial charge in [0.2, 0.25) is 0 Å². The quantitative estimate of drug-likeness (QED) is 0.404. The molecule has 0 aliphatic carbocycles. The Hall–Kier alpha value is -3.08. The number of carbonyl (C=O) groups is 1. The fourth-order valence-electron chi connectivity index (χ4n) is 2.61. The van der Waals surface area contributed by atoms with Gasteiger partial charge in [0.25, 0.3) is 0 Å². The van der Waals surface area contributed by atoms with Crippen molar-refractivity contribution in [3.05, 3.63) is 75.6 Å². The molecule has 1 heterocycles. The molecule has 0 unspecified atom stereocenters. The Morgan fingerprint density at radius 3 is 2.48 bits per heavy atom. The Bertz CT molecular complexity index is 951. The van der Waals surface area contributed by atoms with Crippen molar-refractivity contribution in [2.24, 2.45) is 0 Å². The van der Waals surface area contributed by atoms with Crippen LogP contribution >= 0.6 is 0 Å². The summed E-state index contributed by atoms with van der Waals surface area (Å²) < 4.78 is 15.9. The molecule has 0 spiro atoms. The summed E-state index contributed by atoms with van der Waals surface area (Å²) in [5, 5.41) is 0.768. The van der Waals surface area contributed by atoms with Gasteiger partial charge in [-0.25, -0.2) is 9.59 Å². The Morgan fingerprint density at radius 2 is 1.72 bits per heavy atom. The zero-order valence-corrected chi connectivity index (χ0v) is 14.1. The first kappa shape index (κ1) is 16.8. The van der Waals surface area contributed by atoms with E-state index in [0.29, 0.717) is 16.9 Å². The highest BCUT2D eigenvalue weighted by molar-refractivity contribution is 5.89. The number of carbonyl (C=O) groups excluding carboxylic acids is 1. The minimum atomic E-state index is -0.389. The molecule has 5 nitrogen and oxygen atoms in total. The molecule has 25 heavy (non-hydrogen) atoms. The van der Waals surface area contributed by atoms with Gasteiger partial charge < -0.3 is 13.9 Å². The summed E-state index contributed by atoms with van der Waals surface area (Å²) in [7, 11) is 0. The fraction of sp³-hybridized carbons (Fsp3) is 0.200. The Balaban J connectivity index is 1.55. The van der Waals surface area contributed by atoms with Gasteiger partial charge in [0.05, 0.1) is 5.56 Å². The number of aryl methyl sites for hydroxylation is 2. The van der Waals surface area contributed by atoms with E-state index in [-0.39, 0.29) is 24.8 Å². The molecule has 0 bridgehead atoms. The number of ether oxygens (including phenoxy) is 2. The maximum atomic E-state index is 12.0. The molecular formula is C20H18O5. The summed E-state index contributed by atoms with van der Waals surface area (Å²) in [6.07, 6.45) is 0. The van der Waals surface area contributed by atoms with Gasteiger partial charge in [-0.15, -0.1) is 0 Å². The smallest absolute Gasteiger partial charge is 0.338 e. The normalized spacial score (nSPS) is 10.6. The van der Waals surface area contributed by atoms with Crippen LogP contribution in [-0.4, -0.2) is 19.2 Å². The summed E-state index contributed by atoms with van der Waals surface area (Å²) in [6, 6.07) is 13.8. The molecule has 3 rings (SSSR count). The number of esters is 1. The van der Waals surface area contributed by atoms with E-state index in [1.54, 1.807) is 36.4 Å². The maximum absolute atomic E-state index is 12.0. The lowest BCUT2D eigenvalue weighted by Gasteiger charge is -2.09. The van der Waals surface area contributed by atoms with E-state index in [2.05, 4.69) is 0 Å². The van der Waals surface area contributed by atoms with Crippen molar-refractivity contribution in [1.29, 1.82) is 0 Å². The molecule has 0 saturated carbocycles. The first-order valence-electron chi connectivity index (χ1n) is 7.93. The van der Waals surface area contributed by atoms with Gasteiger partial charge >= 0.3 is 11.6 Å². The summed E-state index contributed by atoms with van der Waals surface area (Å²) in [5.74, 6) is 0.250. The van der Waals surface area contributed by atoms with Gasteiger partial charge in [-0.05, 0) is 50.2 Å². The summed E-state index contributed by atoms with van der Waals surface area (Å²) in [6.45, 7) is 4.26. The van der Waals surface area contributed by atoms with Gasteiger partial charge in [0, 0.05) is 11.5 Å². The molecular weight excluding hydrogens is 320 g/mol. The van der Waals surface area contributed by atoms with Gasteiger partial charge in [-0.2, -0.15) is 0 Å². The zero-order chi connectivity index (χ0) is 17.8. The Kier molecular flexibility index (Phi) is 4.84. The van der Waals surface area contributed by atoms with Crippen molar-refractivity contribution in [3.63, 3.8) is 0 Å². The molecule has 0 aliphatic heterocycles. The van der Waals surface area contributed by atoms with Crippen molar-refractivity contribution < 1.29 is 18.7 Å². The Morgan fingerprint density at radius 1 is 0.960 bits per heavy atom. The lowest BCUT2D eigenvalue weighted by molar-refractivity contribution is 0.0450. The van der Waals surface area contributed by atoms with Crippen molar-refractivity contribution in [2.75, 3.05) is 13.2 Å². The molecule has 0 amide bonds. The third-order valence-corrected chi connectivity index (χ3v) is 3.63. The van der Waals surface area contributed by atoms with Crippen LogP contribution in [0.15, 0.2) is 57.7 Å². The van der Waals surface area contributed by atoms with Crippen LogP contribution < -0.4 is 10.4 Å². The highest BCUT2D eigenvalue weighted by Crippen LogP contribution is 2.19. The minimum absolute atomic E-state index is 0.147. The maximum Gasteiger partial charge on any atom is 0.338 e. The average molecular weight is 338 g/mol. The van der Waals surface area contributed by atoms with Gasteiger partial charge in [0.1, 0.15) is 24.5 Å². The van der Waals surface area contributed by atoms with Crippen LogP contribution in [-0.2, 0) is 4.74 Å². The lowest BCUT2D eigenvalue weighted by atomic mass is 10.1. The van der Waals surface area contributed by atoms with Crippen LogP contribution in [0.5, 0.6) is 5.75 Å². The van der Waals surface area contributed by atoms with E-state index in [9.17, 15) is 9.59 Å². The molecule has 1 aromatic heterocycles. The number of fused-ring (bicyclic) bond motifs is 1. The largest absolute Gasteiger partial charge is 0.490 e. The van der Waals surface area contributed by atoms with E-state index in [0.717, 1.165) is 16.5 Å². The lowest BCUT2D eigenvalue weighted by Crippen LogP contribution is -2.12. The summed E-state index contributed by atoms with van der Waals surface area (Å²) >= 11 is 0. The van der Waals surface area contributed by atoms with Crippen LogP contribution in [0, 0.1) is 13.8 Å². The molecule has 5 heteroatoms. The predicted octanol–water partition coefficient (Wildman–Crippen LogP) is 3.65. The standard InChI is InChI=1S/C20H18O5/c1-13-9-14(2)11-16(10-13)20(22)24-8-7-23-17-4-5-18-15(12-17)3-6-19(21)25-18/h3-6,9-12H,7-8H2,1-2H3. The molecule has 128 valence electrons. The van der Waals surface area contributed by atoms with Crippen molar-refractivity contribution in [2.45, 2.75) is 13.8 Å². The van der Waals surface area contributed by atoms with Crippen LogP contribution in [0.3, 0.4) is 0 Å². The van der Waals surface area contributed by atoms with E-state index in [1.165, 1.54) is 6.07 Å². The number of hydrogen-bond donors (Lipinski definition) is 0. The number of rotatable bonds is 5. The van der Waals surface area contributed by atoms with Crippen LogP contribution in [0.4, 0.5) is 0 Å². The minimum Gasteiger partial charge on any atom is -0.490 e. The monoisotopic (exact) mass is 338 g/mol. The average Bonchev–Trinajstić information content (AvgIpc) is 2.57. The molecule has 0 aliphatic rings. The summed E-state index contributed by atoms with van der Waals surface area (Å²) in [5.41, 5.74) is 2.69.